The van der Waals surface area contributed by atoms with Gasteiger partial charge in [0.2, 0.25) is 0 Å². The number of nitrogens with zero attached hydrogens (tertiary/aromatic N) is 2. The van der Waals surface area contributed by atoms with Crippen LogP contribution in [0.4, 0.5) is 5.69 Å². The third-order valence-electron chi connectivity index (χ3n) is 5.68. The Bertz CT molecular complexity index is 1220. The summed E-state index contributed by atoms with van der Waals surface area (Å²) in [6.07, 6.45) is 3.45. The standard InChI is InChI=1S/C23H26N4O3S2/c1-4-18(22(28)25-21-14-31-13-15(21)2)20-12-17-11-16(5-6-19(17)24-20)23(29)26-7-9-27(10-8-26)32(3)30/h4-6,11-14,24H,7-10H2,1-3H3,(H,25,28)/b18-4+. The SMILES string of the molecule is C/C=C(/C(=O)Nc1cscc1C)c1cc2cc(C(=O)N3CCN(S(C)=O)CC3)ccc2[nH]1. The van der Waals surface area contributed by atoms with Crippen molar-refractivity contribution in [2.24, 2.45) is 0 Å². The topological polar surface area (TPSA) is 85.5 Å². The largest absolute Gasteiger partial charge is 0.354 e. The van der Waals surface area contributed by atoms with E-state index in [-0.39, 0.29) is 11.8 Å². The van der Waals surface area contributed by atoms with Crippen molar-refractivity contribution in [3.8, 4) is 0 Å². The highest BCUT2D eigenvalue weighted by Gasteiger charge is 2.24. The number of fused-ring (bicyclic) bond motifs is 1. The van der Waals surface area contributed by atoms with Crippen LogP contribution in [0.1, 0.15) is 28.5 Å². The van der Waals surface area contributed by atoms with Gasteiger partial charge in [-0.2, -0.15) is 0 Å². The highest BCUT2D eigenvalue weighted by Crippen LogP contribution is 2.26. The molecule has 0 saturated carbocycles. The first-order valence-corrected chi connectivity index (χ1v) is 12.8. The number of hydrogen-bond donors (Lipinski definition) is 2. The Balaban J connectivity index is 1.52. The fraction of sp³-hybridized carbons (Fsp3) is 0.304. The zero-order chi connectivity index (χ0) is 22.8. The number of carbonyl (C=O) groups is 2. The van der Waals surface area contributed by atoms with Crippen LogP contribution < -0.4 is 5.32 Å². The van der Waals surface area contributed by atoms with E-state index in [1.807, 2.05) is 47.1 Å². The van der Waals surface area contributed by atoms with E-state index < -0.39 is 11.0 Å². The van der Waals surface area contributed by atoms with E-state index in [0.717, 1.165) is 22.2 Å². The third kappa shape index (κ3) is 4.55. The molecule has 1 aromatic carbocycles. The van der Waals surface area contributed by atoms with Crippen molar-refractivity contribution in [1.29, 1.82) is 0 Å². The monoisotopic (exact) mass is 470 g/mol. The number of aryl methyl sites for hydroxylation is 1. The van der Waals surface area contributed by atoms with Crippen LogP contribution in [0.25, 0.3) is 16.5 Å². The van der Waals surface area contributed by atoms with Gasteiger partial charge in [-0.05, 0) is 49.1 Å². The molecule has 0 aliphatic carbocycles. The molecule has 0 radical (unpaired) electrons. The molecule has 1 aliphatic heterocycles. The number of rotatable bonds is 5. The van der Waals surface area contributed by atoms with Crippen molar-refractivity contribution in [2.75, 3.05) is 37.8 Å². The minimum Gasteiger partial charge on any atom is -0.354 e. The highest BCUT2D eigenvalue weighted by atomic mass is 32.2. The van der Waals surface area contributed by atoms with Crippen LogP contribution in [0.5, 0.6) is 0 Å². The van der Waals surface area contributed by atoms with Gasteiger partial charge in [0.25, 0.3) is 11.8 Å². The average molecular weight is 471 g/mol. The van der Waals surface area contributed by atoms with E-state index in [1.165, 1.54) is 0 Å². The summed E-state index contributed by atoms with van der Waals surface area (Å²) < 4.78 is 13.5. The van der Waals surface area contributed by atoms with Gasteiger partial charge in [-0.1, -0.05) is 6.08 Å². The van der Waals surface area contributed by atoms with Crippen molar-refractivity contribution in [1.82, 2.24) is 14.2 Å². The normalized spacial score (nSPS) is 16.3. The lowest BCUT2D eigenvalue weighted by molar-refractivity contribution is -0.111. The van der Waals surface area contributed by atoms with Gasteiger partial charge in [0, 0.05) is 54.3 Å². The van der Waals surface area contributed by atoms with Crippen LogP contribution in [0.2, 0.25) is 0 Å². The summed E-state index contributed by atoms with van der Waals surface area (Å²) in [7, 11) is -1.01. The van der Waals surface area contributed by atoms with Crippen LogP contribution >= 0.6 is 11.3 Å². The number of benzene rings is 1. The van der Waals surface area contributed by atoms with Crippen molar-refractivity contribution < 1.29 is 13.8 Å². The van der Waals surface area contributed by atoms with Crippen LogP contribution in [0.15, 0.2) is 41.1 Å². The summed E-state index contributed by atoms with van der Waals surface area (Å²) in [5.41, 5.74) is 4.57. The molecule has 32 heavy (non-hydrogen) atoms. The molecule has 0 bridgehead atoms. The maximum atomic E-state index is 13.0. The first-order chi connectivity index (χ1) is 15.4. The number of allylic oxidation sites excluding steroid dienone is 1. The van der Waals surface area contributed by atoms with Gasteiger partial charge in [0.15, 0.2) is 0 Å². The van der Waals surface area contributed by atoms with Crippen molar-refractivity contribution in [2.45, 2.75) is 13.8 Å². The van der Waals surface area contributed by atoms with E-state index in [0.29, 0.717) is 43.0 Å². The molecular weight excluding hydrogens is 444 g/mol. The van der Waals surface area contributed by atoms with E-state index in [2.05, 4.69) is 10.3 Å². The number of aromatic nitrogens is 1. The fourth-order valence-electron chi connectivity index (χ4n) is 3.83. The predicted octanol–water partition coefficient (Wildman–Crippen LogP) is 3.63. The summed E-state index contributed by atoms with van der Waals surface area (Å²) in [6.45, 7) is 6.12. The lowest BCUT2D eigenvalue weighted by Gasteiger charge is -2.33. The molecule has 7 nitrogen and oxygen atoms in total. The zero-order valence-electron chi connectivity index (χ0n) is 18.3. The van der Waals surface area contributed by atoms with E-state index in [1.54, 1.807) is 34.6 Å². The fourth-order valence-corrected chi connectivity index (χ4v) is 5.29. The van der Waals surface area contributed by atoms with Crippen LogP contribution in [0.3, 0.4) is 0 Å². The minimum atomic E-state index is -1.01. The van der Waals surface area contributed by atoms with Gasteiger partial charge in [0.1, 0.15) is 0 Å². The molecule has 3 heterocycles. The molecule has 9 heteroatoms. The smallest absolute Gasteiger partial charge is 0.257 e. The number of aromatic amines is 1. The molecule has 168 valence electrons. The van der Waals surface area contributed by atoms with Crippen molar-refractivity contribution >= 4 is 56.3 Å². The Labute approximate surface area is 193 Å². The van der Waals surface area contributed by atoms with Crippen LogP contribution in [0, 0.1) is 6.92 Å². The first kappa shape index (κ1) is 22.4. The number of H-pyrrole nitrogens is 1. The number of piperazine rings is 1. The van der Waals surface area contributed by atoms with Crippen LogP contribution in [-0.2, 0) is 15.8 Å². The van der Waals surface area contributed by atoms with Gasteiger partial charge >= 0.3 is 0 Å². The molecule has 3 aromatic rings. The average Bonchev–Trinajstić information content (AvgIpc) is 3.39. The maximum Gasteiger partial charge on any atom is 0.257 e. The Hall–Kier alpha value is -2.75. The second kappa shape index (κ2) is 9.40. The molecule has 1 aliphatic rings. The molecule has 2 amide bonds. The number of carbonyl (C=O) groups excluding carboxylic acids is 2. The second-order valence-electron chi connectivity index (χ2n) is 7.75. The molecule has 1 atom stereocenters. The predicted molar refractivity (Wildman–Crippen MR) is 131 cm³/mol. The van der Waals surface area contributed by atoms with Gasteiger partial charge in [-0.15, -0.1) is 11.3 Å². The van der Waals surface area contributed by atoms with Gasteiger partial charge in [0.05, 0.1) is 27.9 Å². The lowest BCUT2D eigenvalue weighted by Crippen LogP contribution is -2.48. The quantitative estimate of drug-likeness (QED) is 0.559. The van der Waals surface area contributed by atoms with E-state index in [4.69, 9.17) is 0 Å². The van der Waals surface area contributed by atoms with Gasteiger partial charge in [-0.3, -0.25) is 9.59 Å². The number of hydrogen-bond acceptors (Lipinski definition) is 4. The lowest BCUT2D eigenvalue weighted by atomic mass is 10.1. The highest BCUT2D eigenvalue weighted by molar-refractivity contribution is 7.81. The van der Waals surface area contributed by atoms with E-state index in [9.17, 15) is 13.8 Å². The molecule has 2 N–H and O–H groups in total. The van der Waals surface area contributed by atoms with Gasteiger partial charge in [-0.25, -0.2) is 8.51 Å². The third-order valence-corrected chi connectivity index (χ3v) is 7.64. The Morgan fingerprint density at radius 3 is 2.53 bits per heavy atom. The summed E-state index contributed by atoms with van der Waals surface area (Å²) in [4.78, 5) is 30.9. The summed E-state index contributed by atoms with van der Waals surface area (Å²) >= 11 is 1.55. The molecular formula is C23H26N4O3S2. The van der Waals surface area contributed by atoms with E-state index >= 15 is 0 Å². The van der Waals surface area contributed by atoms with Crippen LogP contribution in [-0.4, -0.2) is 62.6 Å². The Kier molecular flexibility index (Phi) is 6.59. The molecule has 2 aromatic heterocycles. The molecule has 4 rings (SSSR count). The summed E-state index contributed by atoms with van der Waals surface area (Å²) in [6, 6.07) is 7.44. The summed E-state index contributed by atoms with van der Waals surface area (Å²) in [5, 5.41) is 7.75. The maximum absolute atomic E-state index is 13.0. The summed E-state index contributed by atoms with van der Waals surface area (Å²) in [5.74, 6) is -0.212. The second-order valence-corrected chi connectivity index (χ2v) is 9.86. The number of anilines is 1. The number of thiophene rings is 1. The molecule has 1 fully saturated rings. The number of nitrogens with one attached hydrogen (secondary N) is 2. The molecule has 0 spiro atoms. The Morgan fingerprint density at radius 1 is 1.16 bits per heavy atom. The molecule has 1 saturated heterocycles. The molecule has 1 unspecified atom stereocenters. The minimum absolute atomic E-state index is 0.0341. The van der Waals surface area contributed by atoms with Crippen molar-refractivity contribution in [3.63, 3.8) is 0 Å². The van der Waals surface area contributed by atoms with Gasteiger partial charge < -0.3 is 15.2 Å². The van der Waals surface area contributed by atoms with Crippen molar-refractivity contribution in [3.05, 3.63) is 57.9 Å². The zero-order valence-corrected chi connectivity index (χ0v) is 19.9. The first-order valence-electron chi connectivity index (χ1n) is 10.4. The number of amides is 2. The Morgan fingerprint density at radius 2 is 1.91 bits per heavy atom.